The zero-order valence-electron chi connectivity index (χ0n) is 15.2. The Morgan fingerprint density at radius 2 is 1.79 bits per heavy atom. The maximum absolute atomic E-state index is 11.6. The second-order valence-electron chi connectivity index (χ2n) is 6.65. The van der Waals surface area contributed by atoms with Crippen molar-refractivity contribution in [2.24, 2.45) is 0 Å². The van der Waals surface area contributed by atoms with Crippen molar-refractivity contribution in [3.63, 3.8) is 0 Å². The van der Waals surface area contributed by atoms with Crippen molar-refractivity contribution in [3.05, 3.63) is 76.3 Å². The summed E-state index contributed by atoms with van der Waals surface area (Å²) in [4.78, 5) is 4.31. The number of aryl methyl sites for hydroxylation is 1. The van der Waals surface area contributed by atoms with Gasteiger partial charge in [0.2, 0.25) is 16.0 Å². The Morgan fingerprint density at radius 1 is 1.11 bits per heavy atom. The SMILES string of the molecule is Cc1ccc(C2C=C(c3ccc(Cl)cc3)Nc3nc(NS(C)(=O)=O)nn32)cc1. The zero-order valence-corrected chi connectivity index (χ0v) is 16.8. The molecule has 0 amide bonds. The van der Waals surface area contributed by atoms with E-state index in [-0.39, 0.29) is 12.0 Å². The number of hydrogen-bond donors (Lipinski definition) is 2. The fraction of sp³-hybridized carbons (Fsp3) is 0.158. The summed E-state index contributed by atoms with van der Waals surface area (Å²) in [5, 5.41) is 8.22. The number of anilines is 2. The lowest BCUT2D eigenvalue weighted by Gasteiger charge is -2.24. The lowest BCUT2D eigenvalue weighted by molar-refractivity contribution is 0.603. The molecule has 2 aromatic carbocycles. The van der Waals surface area contributed by atoms with Crippen LogP contribution < -0.4 is 10.0 Å². The maximum Gasteiger partial charge on any atom is 0.257 e. The highest BCUT2D eigenvalue weighted by atomic mass is 35.5. The number of hydrogen-bond acceptors (Lipinski definition) is 5. The van der Waals surface area contributed by atoms with Gasteiger partial charge in [0.15, 0.2) is 0 Å². The van der Waals surface area contributed by atoms with E-state index >= 15 is 0 Å². The van der Waals surface area contributed by atoms with Crippen molar-refractivity contribution in [3.8, 4) is 0 Å². The zero-order chi connectivity index (χ0) is 19.9. The molecule has 0 fully saturated rings. The molecule has 1 unspecified atom stereocenters. The van der Waals surface area contributed by atoms with Gasteiger partial charge in [-0.1, -0.05) is 53.6 Å². The van der Waals surface area contributed by atoms with Crippen LogP contribution in [0.4, 0.5) is 11.9 Å². The van der Waals surface area contributed by atoms with Gasteiger partial charge in [-0.2, -0.15) is 4.98 Å². The number of nitrogens with one attached hydrogen (secondary N) is 2. The molecule has 1 aliphatic heterocycles. The van der Waals surface area contributed by atoms with E-state index < -0.39 is 10.0 Å². The third-order valence-electron chi connectivity index (χ3n) is 4.32. The van der Waals surface area contributed by atoms with E-state index in [2.05, 4.69) is 20.1 Å². The van der Waals surface area contributed by atoms with Crippen LogP contribution in [0.5, 0.6) is 0 Å². The predicted molar refractivity (Wildman–Crippen MR) is 111 cm³/mol. The van der Waals surface area contributed by atoms with E-state index in [0.717, 1.165) is 28.6 Å². The molecule has 4 rings (SSSR count). The fourth-order valence-corrected chi connectivity index (χ4v) is 3.55. The topological polar surface area (TPSA) is 88.9 Å². The van der Waals surface area contributed by atoms with Gasteiger partial charge < -0.3 is 5.32 Å². The molecule has 9 heteroatoms. The summed E-state index contributed by atoms with van der Waals surface area (Å²) >= 11 is 6.00. The molecule has 1 atom stereocenters. The van der Waals surface area contributed by atoms with Gasteiger partial charge in [0.1, 0.15) is 6.04 Å². The summed E-state index contributed by atoms with van der Waals surface area (Å²) in [5.41, 5.74) is 3.94. The molecule has 0 radical (unpaired) electrons. The minimum absolute atomic E-state index is 0.0212. The van der Waals surface area contributed by atoms with Crippen molar-refractivity contribution < 1.29 is 8.42 Å². The van der Waals surface area contributed by atoms with E-state index in [1.807, 2.05) is 61.5 Å². The third-order valence-corrected chi connectivity index (χ3v) is 5.12. The van der Waals surface area contributed by atoms with Crippen LogP contribution in [0.25, 0.3) is 5.70 Å². The molecule has 0 aliphatic carbocycles. The summed E-state index contributed by atoms with van der Waals surface area (Å²) < 4.78 is 27.1. The minimum atomic E-state index is -3.48. The van der Waals surface area contributed by atoms with Crippen LogP contribution in [0.1, 0.15) is 22.7 Å². The molecule has 2 N–H and O–H groups in total. The summed E-state index contributed by atoms with van der Waals surface area (Å²) in [6.45, 7) is 2.02. The van der Waals surface area contributed by atoms with Gasteiger partial charge in [0.25, 0.3) is 5.95 Å². The number of benzene rings is 2. The molecule has 0 saturated carbocycles. The molecule has 28 heavy (non-hydrogen) atoms. The highest BCUT2D eigenvalue weighted by Gasteiger charge is 2.26. The quantitative estimate of drug-likeness (QED) is 0.678. The van der Waals surface area contributed by atoms with Gasteiger partial charge in [-0.25, -0.2) is 13.1 Å². The normalized spacial score (nSPS) is 16.1. The summed E-state index contributed by atoms with van der Waals surface area (Å²) in [5.74, 6) is 0.469. The molecule has 7 nitrogen and oxygen atoms in total. The Hall–Kier alpha value is -2.84. The van der Waals surface area contributed by atoms with Gasteiger partial charge in [-0.3, -0.25) is 4.72 Å². The van der Waals surface area contributed by atoms with Crippen molar-refractivity contribution in [1.29, 1.82) is 0 Å². The lowest BCUT2D eigenvalue weighted by Crippen LogP contribution is -2.20. The van der Waals surface area contributed by atoms with E-state index in [0.29, 0.717) is 11.0 Å². The van der Waals surface area contributed by atoms with Crippen LogP contribution >= 0.6 is 11.6 Å². The van der Waals surface area contributed by atoms with Crippen LogP contribution in [-0.2, 0) is 10.0 Å². The molecule has 0 bridgehead atoms. The monoisotopic (exact) mass is 415 g/mol. The van der Waals surface area contributed by atoms with E-state index in [4.69, 9.17) is 11.6 Å². The fourth-order valence-electron chi connectivity index (χ4n) is 3.00. The Balaban J connectivity index is 1.80. The highest BCUT2D eigenvalue weighted by Crippen LogP contribution is 2.33. The molecule has 2 heterocycles. The van der Waals surface area contributed by atoms with Crippen molar-refractivity contribution >= 4 is 39.2 Å². The first-order valence-corrected chi connectivity index (χ1v) is 10.8. The van der Waals surface area contributed by atoms with Crippen LogP contribution in [-0.4, -0.2) is 29.4 Å². The van der Waals surface area contributed by atoms with Crippen LogP contribution in [0.2, 0.25) is 5.02 Å². The third kappa shape index (κ3) is 3.88. The number of rotatable bonds is 4. The molecule has 3 aromatic rings. The Labute approximate surface area is 168 Å². The Morgan fingerprint density at radius 3 is 2.43 bits per heavy atom. The molecule has 0 saturated heterocycles. The minimum Gasteiger partial charge on any atom is -0.324 e. The summed E-state index contributed by atoms with van der Waals surface area (Å²) in [6.07, 6.45) is 3.09. The average Bonchev–Trinajstić information content (AvgIpc) is 3.02. The Bertz CT molecular complexity index is 1150. The molecule has 144 valence electrons. The number of allylic oxidation sites excluding steroid dienone is 1. The summed E-state index contributed by atoms with van der Waals surface area (Å²) in [7, 11) is -3.48. The van der Waals surface area contributed by atoms with Crippen molar-refractivity contribution in [2.75, 3.05) is 16.3 Å². The van der Waals surface area contributed by atoms with Crippen LogP contribution in [0.15, 0.2) is 54.6 Å². The second kappa shape index (κ2) is 6.96. The first kappa shape index (κ1) is 18.5. The number of halogens is 1. The molecular formula is C19H18ClN5O2S. The number of nitrogens with zero attached hydrogens (tertiary/aromatic N) is 3. The van der Waals surface area contributed by atoms with Gasteiger partial charge in [-0.05, 0) is 36.3 Å². The molecular weight excluding hydrogens is 398 g/mol. The first-order valence-electron chi connectivity index (χ1n) is 8.54. The van der Waals surface area contributed by atoms with Gasteiger partial charge in [-0.15, -0.1) is 5.10 Å². The van der Waals surface area contributed by atoms with Crippen LogP contribution in [0, 0.1) is 6.92 Å². The summed E-state index contributed by atoms with van der Waals surface area (Å²) in [6, 6.07) is 15.3. The maximum atomic E-state index is 11.6. The predicted octanol–water partition coefficient (Wildman–Crippen LogP) is 3.67. The Kier molecular flexibility index (Phi) is 4.60. The van der Waals surface area contributed by atoms with Gasteiger partial charge in [0, 0.05) is 10.7 Å². The smallest absolute Gasteiger partial charge is 0.257 e. The average molecular weight is 416 g/mol. The van der Waals surface area contributed by atoms with Gasteiger partial charge in [0.05, 0.1) is 6.26 Å². The van der Waals surface area contributed by atoms with Crippen molar-refractivity contribution in [1.82, 2.24) is 14.8 Å². The van der Waals surface area contributed by atoms with E-state index in [9.17, 15) is 8.42 Å². The number of sulfonamides is 1. The number of fused-ring (bicyclic) bond motifs is 1. The highest BCUT2D eigenvalue weighted by molar-refractivity contribution is 7.91. The number of aromatic nitrogens is 3. The lowest BCUT2D eigenvalue weighted by atomic mass is 10.0. The van der Waals surface area contributed by atoms with Gasteiger partial charge >= 0.3 is 0 Å². The van der Waals surface area contributed by atoms with E-state index in [1.54, 1.807) is 4.68 Å². The van der Waals surface area contributed by atoms with Crippen LogP contribution in [0.3, 0.4) is 0 Å². The molecule has 1 aromatic heterocycles. The van der Waals surface area contributed by atoms with E-state index in [1.165, 1.54) is 0 Å². The molecule has 1 aliphatic rings. The van der Waals surface area contributed by atoms with Crippen molar-refractivity contribution in [2.45, 2.75) is 13.0 Å². The second-order valence-corrected chi connectivity index (χ2v) is 8.83. The molecule has 0 spiro atoms. The largest absolute Gasteiger partial charge is 0.324 e. The first-order chi connectivity index (χ1) is 13.3. The standard InChI is InChI=1S/C19H18ClN5O2S/c1-12-3-5-14(6-4-12)17-11-16(13-7-9-15(20)10-8-13)21-19-22-18(23-25(17)19)24-28(2,26)27/h3-11,17H,1-2H3,(H2,21,22,23,24).